The number of furan rings is 1. The molecule has 0 spiro atoms. The van der Waals surface area contributed by atoms with E-state index in [0.717, 1.165) is 31.5 Å². The summed E-state index contributed by atoms with van der Waals surface area (Å²) in [4.78, 5) is 2.50. The van der Waals surface area contributed by atoms with Gasteiger partial charge in [0.15, 0.2) is 0 Å². The van der Waals surface area contributed by atoms with Gasteiger partial charge in [-0.25, -0.2) is 0 Å². The van der Waals surface area contributed by atoms with Crippen LogP contribution in [0.15, 0.2) is 23.0 Å². The van der Waals surface area contributed by atoms with Crippen LogP contribution < -0.4 is 0 Å². The summed E-state index contributed by atoms with van der Waals surface area (Å²) in [5.74, 6) is 0. The molecule has 0 amide bonds. The highest BCUT2D eigenvalue weighted by atomic mass is 16.3. The van der Waals surface area contributed by atoms with E-state index in [0.29, 0.717) is 6.42 Å². The summed E-state index contributed by atoms with van der Waals surface area (Å²) in [6, 6.07) is 1.95. The molecular formula is C15H25NO2. The highest BCUT2D eigenvalue weighted by Gasteiger charge is 2.41. The van der Waals surface area contributed by atoms with Crippen LogP contribution in [0, 0.1) is 0 Å². The van der Waals surface area contributed by atoms with E-state index in [-0.39, 0.29) is 11.6 Å². The largest absolute Gasteiger partial charge is 0.472 e. The molecule has 1 fully saturated rings. The molecule has 1 atom stereocenters. The van der Waals surface area contributed by atoms with E-state index in [1.165, 1.54) is 12.8 Å². The highest BCUT2D eigenvalue weighted by Crippen LogP contribution is 2.33. The topological polar surface area (TPSA) is 36.6 Å². The third kappa shape index (κ3) is 2.47. The minimum absolute atomic E-state index is 0.0617. The predicted molar refractivity (Wildman–Crippen MR) is 72.5 cm³/mol. The van der Waals surface area contributed by atoms with Crippen molar-refractivity contribution >= 4 is 0 Å². The van der Waals surface area contributed by atoms with Crippen LogP contribution >= 0.6 is 0 Å². The van der Waals surface area contributed by atoms with Crippen LogP contribution in [0.1, 0.15) is 45.1 Å². The van der Waals surface area contributed by atoms with Gasteiger partial charge in [-0.1, -0.05) is 13.8 Å². The second-order valence-corrected chi connectivity index (χ2v) is 5.36. The lowest BCUT2D eigenvalue weighted by molar-refractivity contribution is -0.0270. The van der Waals surface area contributed by atoms with Crippen LogP contribution in [0.2, 0.25) is 0 Å². The Labute approximate surface area is 110 Å². The number of nitrogens with zero attached hydrogens (tertiary/aromatic N) is 1. The lowest BCUT2D eigenvalue weighted by Crippen LogP contribution is -2.55. The summed E-state index contributed by atoms with van der Waals surface area (Å²) in [5.41, 5.74) is 1.03. The summed E-state index contributed by atoms with van der Waals surface area (Å²) in [7, 11) is 0. The molecule has 0 aliphatic carbocycles. The van der Waals surface area contributed by atoms with Gasteiger partial charge in [-0.2, -0.15) is 0 Å². The van der Waals surface area contributed by atoms with E-state index in [1.807, 2.05) is 6.07 Å². The Kier molecular flexibility index (Phi) is 4.46. The van der Waals surface area contributed by atoms with Crippen LogP contribution in [0.3, 0.4) is 0 Å². The van der Waals surface area contributed by atoms with E-state index in [1.54, 1.807) is 12.5 Å². The van der Waals surface area contributed by atoms with Crippen molar-refractivity contribution in [2.75, 3.05) is 13.1 Å². The van der Waals surface area contributed by atoms with Gasteiger partial charge in [-0.05, 0) is 50.4 Å². The van der Waals surface area contributed by atoms with Crippen molar-refractivity contribution in [2.45, 2.75) is 57.6 Å². The Morgan fingerprint density at radius 2 is 2.00 bits per heavy atom. The second kappa shape index (κ2) is 5.89. The summed E-state index contributed by atoms with van der Waals surface area (Å²) in [5, 5.41) is 10.7. The van der Waals surface area contributed by atoms with E-state index in [2.05, 4.69) is 18.7 Å². The van der Waals surface area contributed by atoms with Gasteiger partial charge in [0, 0.05) is 12.0 Å². The van der Waals surface area contributed by atoms with Crippen LogP contribution in [-0.2, 0) is 6.42 Å². The number of aliphatic hydroxyl groups is 1. The molecule has 1 N–H and O–H groups in total. The zero-order valence-electron chi connectivity index (χ0n) is 11.6. The van der Waals surface area contributed by atoms with Gasteiger partial charge in [0.25, 0.3) is 0 Å². The minimum atomic E-state index is -0.316. The molecule has 1 unspecified atom stereocenters. The molecule has 2 heterocycles. The van der Waals surface area contributed by atoms with Gasteiger partial charge < -0.3 is 9.52 Å². The molecule has 3 nitrogen and oxygen atoms in total. The van der Waals surface area contributed by atoms with Crippen LogP contribution in [-0.4, -0.2) is 34.7 Å². The zero-order valence-corrected chi connectivity index (χ0v) is 11.6. The van der Waals surface area contributed by atoms with Crippen molar-refractivity contribution in [3.63, 3.8) is 0 Å². The fraction of sp³-hybridized carbons (Fsp3) is 0.733. The standard InChI is InChI=1S/C15H25NO2/c1-3-15(4-2,16-8-5-6-9-16)14(17)11-13-7-10-18-12-13/h7,10,12,14,17H,3-6,8-9,11H2,1-2H3. The molecule has 0 aromatic carbocycles. The fourth-order valence-corrected chi connectivity index (χ4v) is 3.36. The summed E-state index contributed by atoms with van der Waals surface area (Å²) < 4.78 is 5.10. The van der Waals surface area contributed by atoms with E-state index >= 15 is 0 Å². The third-order valence-electron chi connectivity index (χ3n) is 4.59. The molecule has 1 aromatic rings. The molecule has 0 bridgehead atoms. The van der Waals surface area contributed by atoms with Crippen molar-refractivity contribution < 1.29 is 9.52 Å². The third-order valence-corrected chi connectivity index (χ3v) is 4.59. The maximum absolute atomic E-state index is 10.7. The zero-order chi connectivity index (χ0) is 13.0. The lowest BCUT2D eigenvalue weighted by Gasteiger charge is -2.44. The molecule has 0 radical (unpaired) electrons. The molecule has 0 saturated carbocycles. The first-order valence-corrected chi connectivity index (χ1v) is 7.17. The molecule has 1 saturated heterocycles. The summed E-state index contributed by atoms with van der Waals surface area (Å²) >= 11 is 0. The minimum Gasteiger partial charge on any atom is -0.472 e. The normalized spacial score (nSPS) is 19.3. The molecule has 1 aliphatic heterocycles. The van der Waals surface area contributed by atoms with E-state index in [9.17, 15) is 5.11 Å². The lowest BCUT2D eigenvalue weighted by atomic mass is 9.82. The van der Waals surface area contributed by atoms with Gasteiger partial charge in [-0.3, -0.25) is 4.90 Å². The number of hydrogen-bond donors (Lipinski definition) is 1. The first kappa shape index (κ1) is 13.6. The van der Waals surface area contributed by atoms with Gasteiger partial charge in [0.2, 0.25) is 0 Å². The average Bonchev–Trinajstić information content (AvgIpc) is 3.04. The monoisotopic (exact) mass is 251 g/mol. The van der Waals surface area contributed by atoms with Crippen LogP contribution in [0.4, 0.5) is 0 Å². The smallest absolute Gasteiger partial charge is 0.0935 e. The van der Waals surface area contributed by atoms with Crippen molar-refractivity contribution in [1.82, 2.24) is 4.90 Å². The molecular weight excluding hydrogens is 226 g/mol. The van der Waals surface area contributed by atoms with Crippen LogP contribution in [0.25, 0.3) is 0 Å². The Morgan fingerprint density at radius 1 is 1.33 bits per heavy atom. The SMILES string of the molecule is CCC(CC)(C(O)Cc1ccoc1)N1CCCC1. The molecule has 2 rings (SSSR count). The van der Waals surface area contributed by atoms with Crippen molar-refractivity contribution in [1.29, 1.82) is 0 Å². The maximum Gasteiger partial charge on any atom is 0.0935 e. The van der Waals surface area contributed by atoms with E-state index in [4.69, 9.17) is 4.42 Å². The first-order valence-electron chi connectivity index (χ1n) is 7.17. The van der Waals surface area contributed by atoms with Gasteiger partial charge in [0.05, 0.1) is 18.6 Å². The first-order chi connectivity index (χ1) is 8.73. The maximum atomic E-state index is 10.7. The van der Waals surface area contributed by atoms with Crippen molar-refractivity contribution in [3.8, 4) is 0 Å². The van der Waals surface area contributed by atoms with Crippen molar-refractivity contribution in [2.24, 2.45) is 0 Å². The number of likely N-dealkylation sites (tertiary alicyclic amines) is 1. The Hall–Kier alpha value is -0.800. The summed E-state index contributed by atoms with van der Waals surface area (Å²) in [6.07, 6.45) is 8.32. The second-order valence-electron chi connectivity index (χ2n) is 5.36. The molecule has 3 heteroatoms. The van der Waals surface area contributed by atoms with Crippen molar-refractivity contribution in [3.05, 3.63) is 24.2 Å². The summed E-state index contributed by atoms with van der Waals surface area (Å²) in [6.45, 7) is 6.65. The predicted octanol–water partition coefficient (Wildman–Crippen LogP) is 2.84. The Morgan fingerprint density at radius 3 is 2.50 bits per heavy atom. The molecule has 18 heavy (non-hydrogen) atoms. The fourth-order valence-electron chi connectivity index (χ4n) is 3.36. The number of rotatable bonds is 6. The average molecular weight is 251 g/mol. The number of aliphatic hydroxyl groups excluding tert-OH is 1. The molecule has 1 aromatic heterocycles. The molecule has 102 valence electrons. The van der Waals surface area contributed by atoms with Gasteiger partial charge in [-0.15, -0.1) is 0 Å². The van der Waals surface area contributed by atoms with E-state index < -0.39 is 0 Å². The van der Waals surface area contributed by atoms with Gasteiger partial charge in [0.1, 0.15) is 0 Å². The highest BCUT2D eigenvalue weighted by molar-refractivity contribution is 5.10. The Balaban J connectivity index is 2.12. The van der Waals surface area contributed by atoms with Crippen LogP contribution in [0.5, 0.6) is 0 Å². The van der Waals surface area contributed by atoms with Gasteiger partial charge >= 0.3 is 0 Å². The quantitative estimate of drug-likeness (QED) is 0.844. The molecule has 1 aliphatic rings. The number of hydrogen-bond acceptors (Lipinski definition) is 3. The Bertz CT molecular complexity index is 337.